The molecule has 0 unspecified atom stereocenters. The lowest BCUT2D eigenvalue weighted by Crippen LogP contribution is -2.53. The third-order valence-corrected chi connectivity index (χ3v) is 4.19. The molecule has 8 heteroatoms. The van der Waals surface area contributed by atoms with E-state index in [-0.39, 0.29) is 28.8 Å². The van der Waals surface area contributed by atoms with E-state index < -0.39 is 17.9 Å². The molecule has 3 amide bonds. The maximum Gasteiger partial charge on any atom is 0.312 e. The van der Waals surface area contributed by atoms with Crippen molar-refractivity contribution in [3.63, 3.8) is 0 Å². The summed E-state index contributed by atoms with van der Waals surface area (Å²) in [5.41, 5.74) is 6.34. The number of ether oxygens (including phenoxy) is 1. The second-order valence-electron chi connectivity index (χ2n) is 5.61. The van der Waals surface area contributed by atoms with E-state index in [9.17, 15) is 14.0 Å². The molecule has 2 aromatic carbocycles. The number of likely N-dealkylation sites (N-methyl/N-ethyl adjacent to an activating group) is 1. The Morgan fingerprint density at radius 1 is 1.40 bits per heavy atom. The van der Waals surface area contributed by atoms with E-state index in [0.29, 0.717) is 5.69 Å². The molecule has 0 fully saturated rings. The van der Waals surface area contributed by atoms with Crippen LogP contribution in [0, 0.1) is 5.82 Å². The molecule has 3 rings (SSSR count). The minimum atomic E-state index is -0.777. The maximum absolute atomic E-state index is 13.4. The monoisotopic (exact) mass is 363 g/mol. The molecule has 1 aliphatic heterocycles. The summed E-state index contributed by atoms with van der Waals surface area (Å²) in [4.78, 5) is 24.9. The molecule has 1 atom stereocenters. The van der Waals surface area contributed by atoms with Gasteiger partial charge >= 0.3 is 6.03 Å². The first-order chi connectivity index (χ1) is 11.9. The van der Waals surface area contributed by atoms with Crippen LogP contribution in [0.3, 0.4) is 0 Å². The number of anilines is 1. The van der Waals surface area contributed by atoms with Crippen molar-refractivity contribution in [2.45, 2.75) is 12.5 Å². The summed E-state index contributed by atoms with van der Waals surface area (Å²) in [7, 11) is 1.55. The van der Waals surface area contributed by atoms with Gasteiger partial charge in [0.05, 0.1) is 10.7 Å². The van der Waals surface area contributed by atoms with Crippen LogP contribution < -0.4 is 20.7 Å². The number of hydrogen-bond acceptors (Lipinski definition) is 3. The number of urea groups is 1. The second kappa shape index (κ2) is 6.60. The zero-order chi connectivity index (χ0) is 18.1. The number of nitrogens with one attached hydrogen (secondary N) is 1. The van der Waals surface area contributed by atoms with Gasteiger partial charge in [0.25, 0.3) is 0 Å². The average Bonchev–Trinajstić information content (AvgIpc) is 2.54. The van der Waals surface area contributed by atoms with E-state index in [1.165, 1.54) is 23.1 Å². The van der Waals surface area contributed by atoms with Gasteiger partial charge in [0.15, 0.2) is 5.75 Å². The average molecular weight is 364 g/mol. The van der Waals surface area contributed by atoms with Gasteiger partial charge in [0.2, 0.25) is 5.91 Å². The normalized spacial score (nSPS) is 16.4. The molecular formula is C17H15ClFN3O3. The van der Waals surface area contributed by atoms with Gasteiger partial charge in [-0.05, 0) is 23.8 Å². The summed E-state index contributed by atoms with van der Waals surface area (Å²) >= 11 is 6.24. The quantitative estimate of drug-likeness (QED) is 0.879. The number of fused-ring (bicyclic) bond motifs is 1. The Morgan fingerprint density at radius 2 is 2.16 bits per heavy atom. The van der Waals surface area contributed by atoms with E-state index in [1.54, 1.807) is 25.2 Å². The van der Waals surface area contributed by atoms with Gasteiger partial charge < -0.3 is 20.7 Å². The lowest BCUT2D eigenvalue weighted by molar-refractivity contribution is -0.120. The molecule has 3 N–H and O–H groups in total. The Hall–Kier alpha value is -2.80. The van der Waals surface area contributed by atoms with Crippen molar-refractivity contribution in [3.8, 4) is 11.5 Å². The standard InChI is InChI=1S/C17H15ClFN3O3/c1-22-14-9(7-13(16(22)23)21-17(20)24)5-6-12(18)15(14)25-11-4-2-3-10(19)8-11/h2-6,8,13H,7H2,1H3,(H3,20,21,24)/t13-/m1/s1. The lowest BCUT2D eigenvalue weighted by Gasteiger charge is -2.33. The zero-order valence-electron chi connectivity index (χ0n) is 13.3. The van der Waals surface area contributed by atoms with Crippen molar-refractivity contribution >= 4 is 29.2 Å². The number of halogens is 2. The van der Waals surface area contributed by atoms with Crippen LogP contribution in [-0.4, -0.2) is 25.0 Å². The van der Waals surface area contributed by atoms with E-state index in [1.807, 2.05) is 0 Å². The van der Waals surface area contributed by atoms with Gasteiger partial charge in [-0.2, -0.15) is 0 Å². The summed E-state index contributed by atoms with van der Waals surface area (Å²) in [5, 5.41) is 2.70. The minimum Gasteiger partial charge on any atom is -0.453 e. The smallest absolute Gasteiger partial charge is 0.312 e. The molecular weight excluding hydrogens is 349 g/mol. The first kappa shape index (κ1) is 17.0. The molecule has 130 valence electrons. The van der Waals surface area contributed by atoms with Crippen LogP contribution in [0.25, 0.3) is 0 Å². The highest BCUT2D eigenvalue weighted by Gasteiger charge is 2.34. The third kappa shape index (κ3) is 3.36. The highest BCUT2D eigenvalue weighted by Crippen LogP contribution is 2.43. The summed E-state index contributed by atoms with van der Waals surface area (Å²) in [6.45, 7) is 0. The molecule has 0 aromatic heterocycles. The van der Waals surface area contributed by atoms with Gasteiger partial charge in [-0.15, -0.1) is 0 Å². The molecule has 0 saturated carbocycles. The fourth-order valence-corrected chi connectivity index (χ4v) is 2.99. The fraction of sp³-hybridized carbons (Fsp3) is 0.176. The number of nitrogens with zero attached hydrogens (tertiary/aromatic N) is 1. The number of carbonyl (C=O) groups excluding carboxylic acids is 2. The van der Waals surface area contributed by atoms with E-state index in [0.717, 1.165) is 5.56 Å². The molecule has 0 spiro atoms. The van der Waals surface area contributed by atoms with Gasteiger partial charge in [0.1, 0.15) is 17.6 Å². The first-order valence-electron chi connectivity index (χ1n) is 7.45. The molecule has 2 aromatic rings. The van der Waals surface area contributed by atoms with Crippen molar-refractivity contribution in [1.29, 1.82) is 0 Å². The molecule has 0 aliphatic carbocycles. The van der Waals surface area contributed by atoms with Gasteiger partial charge in [-0.1, -0.05) is 23.7 Å². The minimum absolute atomic E-state index is 0.248. The predicted molar refractivity (Wildman–Crippen MR) is 91.5 cm³/mol. The van der Waals surface area contributed by atoms with Crippen molar-refractivity contribution in [1.82, 2.24) is 5.32 Å². The second-order valence-corrected chi connectivity index (χ2v) is 6.01. The number of nitrogens with two attached hydrogens (primary N) is 1. The van der Waals surface area contributed by atoms with E-state index >= 15 is 0 Å². The van der Waals surface area contributed by atoms with Crippen LogP contribution in [0.15, 0.2) is 36.4 Å². The molecule has 25 heavy (non-hydrogen) atoms. The number of benzene rings is 2. The highest BCUT2D eigenvalue weighted by atomic mass is 35.5. The zero-order valence-corrected chi connectivity index (χ0v) is 14.0. The van der Waals surface area contributed by atoms with Crippen molar-refractivity contribution in [2.24, 2.45) is 5.73 Å². The topological polar surface area (TPSA) is 84.7 Å². The van der Waals surface area contributed by atoms with Gasteiger partial charge in [-0.25, -0.2) is 9.18 Å². The van der Waals surface area contributed by atoms with Crippen molar-refractivity contribution < 1.29 is 18.7 Å². The first-order valence-corrected chi connectivity index (χ1v) is 7.83. The Morgan fingerprint density at radius 3 is 2.84 bits per heavy atom. The van der Waals surface area contributed by atoms with Crippen LogP contribution in [0.4, 0.5) is 14.9 Å². The number of primary amides is 1. The van der Waals surface area contributed by atoms with Gasteiger partial charge in [0, 0.05) is 19.5 Å². The number of rotatable bonds is 3. The maximum atomic E-state index is 13.4. The summed E-state index contributed by atoms with van der Waals surface area (Å²) in [5.74, 6) is -0.294. The van der Waals surface area contributed by atoms with E-state index in [2.05, 4.69) is 5.32 Å². The Kier molecular flexibility index (Phi) is 4.50. The van der Waals surface area contributed by atoms with Crippen LogP contribution in [0.2, 0.25) is 5.02 Å². The molecule has 0 radical (unpaired) electrons. The van der Waals surface area contributed by atoms with Crippen LogP contribution >= 0.6 is 11.6 Å². The Labute approximate surface area is 148 Å². The molecule has 1 heterocycles. The molecule has 1 aliphatic rings. The summed E-state index contributed by atoms with van der Waals surface area (Å²) in [6.07, 6.45) is 0.248. The van der Waals surface area contributed by atoms with Crippen LogP contribution in [0.1, 0.15) is 5.56 Å². The summed E-state index contributed by atoms with van der Waals surface area (Å²) < 4.78 is 19.1. The molecule has 0 saturated heterocycles. The Balaban J connectivity index is 2.02. The van der Waals surface area contributed by atoms with Crippen molar-refractivity contribution in [2.75, 3.05) is 11.9 Å². The third-order valence-electron chi connectivity index (χ3n) is 3.89. The fourth-order valence-electron chi connectivity index (χ4n) is 2.80. The van der Waals surface area contributed by atoms with E-state index in [4.69, 9.17) is 22.1 Å². The number of carbonyl (C=O) groups is 2. The van der Waals surface area contributed by atoms with Gasteiger partial charge in [-0.3, -0.25) is 4.79 Å². The van der Waals surface area contributed by atoms with Crippen LogP contribution in [0.5, 0.6) is 11.5 Å². The predicted octanol–water partition coefficient (Wildman–Crippen LogP) is 2.83. The number of hydrogen-bond donors (Lipinski definition) is 2. The summed E-state index contributed by atoms with van der Waals surface area (Å²) in [6, 6.07) is 7.44. The highest BCUT2D eigenvalue weighted by molar-refractivity contribution is 6.33. The largest absolute Gasteiger partial charge is 0.453 e. The van der Waals surface area contributed by atoms with Crippen molar-refractivity contribution in [3.05, 3.63) is 52.8 Å². The molecule has 6 nitrogen and oxygen atoms in total. The number of amides is 3. The molecule has 0 bridgehead atoms. The SMILES string of the molecule is CN1C(=O)[C@H](NC(N)=O)Cc2ccc(Cl)c(Oc3cccc(F)c3)c21. The Bertz CT molecular complexity index is 859. The lowest BCUT2D eigenvalue weighted by atomic mass is 9.97. The van der Waals surface area contributed by atoms with Crippen LogP contribution in [-0.2, 0) is 11.2 Å².